The Labute approximate surface area is 126 Å². The molecule has 0 radical (unpaired) electrons. The summed E-state index contributed by atoms with van der Waals surface area (Å²) in [5, 5.41) is 9.22. The van der Waals surface area contributed by atoms with E-state index < -0.39 is 5.97 Å². The van der Waals surface area contributed by atoms with Gasteiger partial charge in [0.25, 0.3) is 0 Å². The molecule has 0 saturated heterocycles. The summed E-state index contributed by atoms with van der Waals surface area (Å²) in [5.41, 5.74) is 2.29. The van der Waals surface area contributed by atoms with Gasteiger partial charge >= 0.3 is 5.97 Å². The number of carbonyl (C=O) groups is 1. The standard InChI is InChI=1S/C15H16BrNO3/c1-8(2)6-12-13(15(18)19)20-14(17-12)11-7-10(16)5-4-9(11)3/h4-5,7-8H,6H2,1-3H3,(H,18,19). The van der Waals surface area contributed by atoms with E-state index in [2.05, 4.69) is 20.9 Å². The van der Waals surface area contributed by atoms with Crippen molar-refractivity contribution in [1.82, 2.24) is 4.98 Å². The summed E-state index contributed by atoms with van der Waals surface area (Å²) < 4.78 is 6.37. The van der Waals surface area contributed by atoms with E-state index >= 15 is 0 Å². The molecule has 0 fully saturated rings. The fourth-order valence-corrected chi connectivity index (χ4v) is 2.34. The largest absolute Gasteiger partial charge is 0.475 e. The van der Waals surface area contributed by atoms with Gasteiger partial charge in [-0.25, -0.2) is 9.78 Å². The van der Waals surface area contributed by atoms with Crippen molar-refractivity contribution in [2.75, 3.05) is 0 Å². The zero-order valence-corrected chi connectivity index (χ0v) is 13.2. The Morgan fingerprint density at radius 2 is 2.15 bits per heavy atom. The molecule has 1 N–H and O–H groups in total. The van der Waals surface area contributed by atoms with Crippen molar-refractivity contribution in [3.05, 3.63) is 39.7 Å². The van der Waals surface area contributed by atoms with Crippen molar-refractivity contribution < 1.29 is 14.3 Å². The van der Waals surface area contributed by atoms with Crippen LogP contribution in [0.3, 0.4) is 0 Å². The number of carboxylic acids is 1. The van der Waals surface area contributed by atoms with Crippen molar-refractivity contribution in [2.45, 2.75) is 27.2 Å². The van der Waals surface area contributed by atoms with Crippen LogP contribution < -0.4 is 0 Å². The van der Waals surface area contributed by atoms with Gasteiger partial charge in [-0.15, -0.1) is 0 Å². The Morgan fingerprint density at radius 1 is 1.45 bits per heavy atom. The van der Waals surface area contributed by atoms with Crippen LogP contribution in [0, 0.1) is 12.8 Å². The van der Waals surface area contributed by atoms with Crippen LogP contribution in [0.5, 0.6) is 0 Å². The zero-order chi connectivity index (χ0) is 14.9. The van der Waals surface area contributed by atoms with Crippen LogP contribution in [0.25, 0.3) is 11.5 Å². The van der Waals surface area contributed by atoms with Crippen LogP contribution in [-0.4, -0.2) is 16.1 Å². The van der Waals surface area contributed by atoms with Crippen LogP contribution >= 0.6 is 15.9 Å². The maximum absolute atomic E-state index is 11.3. The van der Waals surface area contributed by atoms with Gasteiger partial charge in [0.15, 0.2) is 0 Å². The monoisotopic (exact) mass is 337 g/mol. The van der Waals surface area contributed by atoms with Gasteiger partial charge < -0.3 is 9.52 Å². The lowest BCUT2D eigenvalue weighted by atomic mass is 10.1. The molecule has 0 aliphatic rings. The first-order valence-corrected chi connectivity index (χ1v) is 7.17. The van der Waals surface area contributed by atoms with Crippen LogP contribution in [0.1, 0.15) is 35.7 Å². The average molecular weight is 338 g/mol. The van der Waals surface area contributed by atoms with Gasteiger partial charge in [-0.2, -0.15) is 0 Å². The fraction of sp³-hybridized carbons (Fsp3) is 0.333. The molecule has 1 heterocycles. The number of halogens is 1. The van der Waals surface area contributed by atoms with E-state index in [4.69, 9.17) is 4.42 Å². The summed E-state index contributed by atoms with van der Waals surface area (Å²) in [7, 11) is 0. The fourth-order valence-electron chi connectivity index (χ4n) is 1.98. The van der Waals surface area contributed by atoms with Crippen molar-refractivity contribution in [3.8, 4) is 11.5 Å². The molecule has 2 aromatic rings. The summed E-state index contributed by atoms with van der Waals surface area (Å²) >= 11 is 3.40. The number of nitrogens with zero attached hydrogens (tertiary/aromatic N) is 1. The third-order valence-corrected chi connectivity index (χ3v) is 3.42. The minimum Gasteiger partial charge on any atom is -0.475 e. The molecule has 0 unspecified atom stereocenters. The van der Waals surface area contributed by atoms with Gasteiger partial charge in [-0.3, -0.25) is 0 Å². The highest BCUT2D eigenvalue weighted by Gasteiger charge is 2.21. The molecule has 20 heavy (non-hydrogen) atoms. The van der Waals surface area contributed by atoms with Gasteiger partial charge in [0.1, 0.15) is 0 Å². The molecule has 0 aliphatic heterocycles. The second kappa shape index (κ2) is 5.79. The molecule has 4 nitrogen and oxygen atoms in total. The Bertz CT molecular complexity index is 647. The molecule has 0 spiro atoms. The minimum absolute atomic E-state index is 0.0620. The van der Waals surface area contributed by atoms with Gasteiger partial charge in [-0.1, -0.05) is 35.8 Å². The molecule has 1 aromatic heterocycles. The first kappa shape index (κ1) is 14.8. The number of aryl methyl sites for hydroxylation is 1. The summed E-state index contributed by atoms with van der Waals surface area (Å²) in [6, 6.07) is 5.74. The molecule has 0 saturated carbocycles. The number of benzene rings is 1. The number of rotatable bonds is 4. The number of carboxylic acid groups (broad SMARTS) is 1. The molecule has 1 aromatic carbocycles. The van der Waals surface area contributed by atoms with E-state index in [9.17, 15) is 9.90 Å². The van der Waals surface area contributed by atoms with E-state index in [-0.39, 0.29) is 5.76 Å². The normalized spacial score (nSPS) is 11.1. The molecule has 106 valence electrons. The first-order chi connectivity index (χ1) is 9.38. The SMILES string of the molecule is Cc1ccc(Br)cc1-c1nc(CC(C)C)c(C(=O)O)o1. The Morgan fingerprint density at radius 3 is 2.75 bits per heavy atom. The smallest absolute Gasteiger partial charge is 0.373 e. The third-order valence-electron chi connectivity index (χ3n) is 2.92. The molecule has 0 bridgehead atoms. The van der Waals surface area contributed by atoms with Gasteiger partial charge in [0.2, 0.25) is 11.7 Å². The lowest BCUT2D eigenvalue weighted by molar-refractivity contribution is 0.0661. The van der Waals surface area contributed by atoms with E-state index in [1.165, 1.54) is 0 Å². The molecule has 0 atom stereocenters. The number of hydrogen-bond donors (Lipinski definition) is 1. The molecular formula is C15H16BrNO3. The molecule has 0 aliphatic carbocycles. The van der Waals surface area contributed by atoms with E-state index in [1.54, 1.807) is 0 Å². The number of hydrogen-bond acceptors (Lipinski definition) is 3. The summed E-state index contributed by atoms with van der Waals surface area (Å²) in [5.74, 6) is -0.466. The molecule has 2 rings (SSSR count). The maximum Gasteiger partial charge on any atom is 0.373 e. The van der Waals surface area contributed by atoms with Gasteiger partial charge in [0.05, 0.1) is 5.69 Å². The number of aromatic nitrogens is 1. The second-order valence-electron chi connectivity index (χ2n) is 5.16. The molecule has 5 heteroatoms. The van der Waals surface area contributed by atoms with Crippen molar-refractivity contribution >= 4 is 21.9 Å². The summed E-state index contributed by atoms with van der Waals surface area (Å²) in [6.45, 7) is 5.98. The van der Waals surface area contributed by atoms with E-state index in [0.29, 0.717) is 23.9 Å². The van der Waals surface area contributed by atoms with Gasteiger partial charge in [0, 0.05) is 10.0 Å². The van der Waals surface area contributed by atoms with Crippen molar-refractivity contribution in [1.29, 1.82) is 0 Å². The topological polar surface area (TPSA) is 63.3 Å². The lowest BCUT2D eigenvalue weighted by Gasteiger charge is -2.01. The lowest BCUT2D eigenvalue weighted by Crippen LogP contribution is -2.03. The van der Waals surface area contributed by atoms with Crippen LogP contribution in [0.4, 0.5) is 0 Å². The van der Waals surface area contributed by atoms with E-state index in [1.807, 2.05) is 39.0 Å². The number of oxazole rings is 1. The van der Waals surface area contributed by atoms with Crippen LogP contribution in [-0.2, 0) is 6.42 Å². The Balaban J connectivity index is 2.52. The first-order valence-electron chi connectivity index (χ1n) is 6.38. The summed E-state index contributed by atoms with van der Waals surface area (Å²) in [6.07, 6.45) is 0.582. The van der Waals surface area contributed by atoms with Crippen LogP contribution in [0.2, 0.25) is 0 Å². The Hall–Kier alpha value is -1.62. The highest BCUT2D eigenvalue weighted by molar-refractivity contribution is 9.10. The third kappa shape index (κ3) is 3.10. The van der Waals surface area contributed by atoms with Crippen molar-refractivity contribution in [2.24, 2.45) is 5.92 Å². The number of aromatic carboxylic acids is 1. The Kier molecular flexibility index (Phi) is 4.28. The maximum atomic E-state index is 11.3. The molecule has 0 amide bonds. The highest BCUT2D eigenvalue weighted by Crippen LogP contribution is 2.28. The zero-order valence-electron chi connectivity index (χ0n) is 11.6. The predicted octanol–water partition coefficient (Wildman–Crippen LogP) is 4.31. The van der Waals surface area contributed by atoms with E-state index in [0.717, 1.165) is 15.6 Å². The minimum atomic E-state index is -1.08. The average Bonchev–Trinajstić information content (AvgIpc) is 2.75. The summed E-state index contributed by atoms with van der Waals surface area (Å²) in [4.78, 5) is 15.6. The van der Waals surface area contributed by atoms with Crippen LogP contribution in [0.15, 0.2) is 27.1 Å². The quantitative estimate of drug-likeness (QED) is 0.902. The predicted molar refractivity (Wildman–Crippen MR) is 79.9 cm³/mol. The second-order valence-corrected chi connectivity index (χ2v) is 6.07. The highest BCUT2D eigenvalue weighted by atomic mass is 79.9. The molecular weight excluding hydrogens is 322 g/mol. The van der Waals surface area contributed by atoms with Gasteiger partial charge in [-0.05, 0) is 37.0 Å². The van der Waals surface area contributed by atoms with Crippen molar-refractivity contribution in [3.63, 3.8) is 0 Å².